The monoisotopic (exact) mass is 2030 g/mol. The summed E-state index contributed by atoms with van der Waals surface area (Å²) in [5, 5.41) is 18.2. The molecule has 0 amide bonds. The molecule has 3 saturated heterocycles. The molecule has 0 bridgehead atoms. The number of sulfonamides is 1. The predicted molar refractivity (Wildman–Crippen MR) is 583 cm³/mol. The lowest BCUT2D eigenvalue weighted by molar-refractivity contribution is -0.00546. The van der Waals surface area contributed by atoms with Crippen molar-refractivity contribution in [3.63, 3.8) is 0 Å². The highest BCUT2D eigenvalue weighted by molar-refractivity contribution is 7.94. The number of methoxy groups -OCH3 is 1. The van der Waals surface area contributed by atoms with Gasteiger partial charge in [0.15, 0.2) is 0 Å². The molecule has 10 atom stereocenters. The van der Waals surface area contributed by atoms with Crippen LogP contribution in [0.25, 0.3) is 0 Å². The summed E-state index contributed by atoms with van der Waals surface area (Å²) in [5.41, 5.74) is 40.1. The summed E-state index contributed by atoms with van der Waals surface area (Å²) >= 11 is 4.21. The van der Waals surface area contributed by atoms with Gasteiger partial charge in [-0.3, -0.25) is 21.6 Å². The molecule has 3 aliphatic rings. The van der Waals surface area contributed by atoms with Gasteiger partial charge in [0.1, 0.15) is 11.6 Å². The fourth-order valence-electron chi connectivity index (χ4n) is 13.3. The van der Waals surface area contributed by atoms with Crippen LogP contribution >= 0.6 is 23.2 Å². The largest absolute Gasteiger partial charge is 0.772 e. The van der Waals surface area contributed by atoms with Gasteiger partial charge in [-0.25, -0.2) is 13.4 Å². The third-order valence-electron chi connectivity index (χ3n) is 21.1. The first-order chi connectivity index (χ1) is 64.4. The van der Waals surface area contributed by atoms with Crippen molar-refractivity contribution >= 4 is 152 Å². The number of pyridine rings is 1. The van der Waals surface area contributed by atoms with Gasteiger partial charge >= 0.3 is 0 Å². The molecule has 138 heavy (non-hydrogen) atoms. The maximum Gasteiger partial charge on any atom is 0.237 e. The van der Waals surface area contributed by atoms with E-state index in [2.05, 4.69) is 165 Å². The molecule has 0 radical (unpaired) electrons. The topological polar surface area (TPSA) is 412 Å². The second-order valence-corrected chi connectivity index (χ2v) is 49.8. The van der Waals surface area contributed by atoms with Crippen LogP contribution in [-0.4, -0.2) is 131 Å². The van der Waals surface area contributed by atoms with Gasteiger partial charge in [-0.2, -0.15) is 0 Å². The number of ether oxygens (including phenoxy) is 2. The fraction of sp³-hybridized carbons (Fsp3) is 0.438. The maximum absolute atomic E-state index is 12.3. The molecule has 760 valence electrons. The zero-order valence-corrected chi connectivity index (χ0v) is 90.0. The first-order valence-electron chi connectivity index (χ1n) is 46.1. The number of rotatable bonds is 21. The highest BCUT2D eigenvalue weighted by atomic mass is 35.5. The van der Waals surface area contributed by atoms with E-state index in [0.717, 1.165) is 149 Å². The Kier molecular flexibility index (Phi) is 49.3. The molecular weight excluding hydrogens is 1880 g/mol. The average molecular weight is 2030 g/mol. The maximum atomic E-state index is 12.3. The Hall–Kier alpha value is -9.74. The minimum atomic E-state index is -3.41. The molecule has 26 nitrogen and oxygen atoms in total. The molecule has 10 aromatic rings. The highest BCUT2D eigenvalue weighted by Crippen LogP contribution is 2.33. The first kappa shape index (κ1) is 119. The van der Waals surface area contributed by atoms with Gasteiger partial charge in [-0.15, -0.1) is 0 Å². The van der Waals surface area contributed by atoms with Crippen LogP contribution in [0, 0.1) is 23.7 Å². The van der Waals surface area contributed by atoms with Crippen LogP contribution in [0.5, 0.6) is 5.75 Å². The number of halogens is 2. The van der Waals surface area contributed by atoms with Crippen molar-refractivity contribution in [3.8, 4) is 5.75 Å². The smallest absolute Gasteiger partial charge is 0.237 e. The van der Waals surface area contributed by atoms with Crippen molar-refractivity contribution in [2.24, 2.45) is 23.7 Å². The third kappa shape index (κ3) is 46.6. The van der Waals surface area contributed by atoms with Crippen molar-refractivity contribution in [2.75, 3.05) is 115 Å². The third-order valence-corrected chi connectivity index (χ3v) is 27.7. The lowest BCUT2D eigenvalue weighted by atomic mass is 9.91. The zero-order valence-electron chi connectivity index (χ0n) is 84.4. The van der Waals surface area contributed by atoms with E-state index < -0.39 is 78.1 Å². The summed E-state index contributed by atoms with van der Waals surface area (Å²) in [7, 11) is -1.81. The molecule has 9 aromatic carbocycles. The van der Waals surface area contributed by atoms with E-state index in [1.165, 1.54) is 54.0 Å². The van der Waals surface area contributed by atoms with Gasteiger partial charge in [-0.05, 0) is 384 Å². The molecule has 0 spiro atoms. The van der Waals surface area contributed by atoms with Gasteiger partial charge in [-0.1, -0.05) is 118 Å². The number of nitrogens with zero attached hydrogens (tertiary/aromatic N) is 4. The number of anilines is 13. The van der Waals surface area contributed by atoms with Crippen molar-refractivity contribution in [3.05, 3.63) is 269 Å². The van der Waals surface area contributed by atoms with E-state index >= 15 is 0 Å². The van der Waals surface area contributed by atoms with E-state index in [-0.39, 0.29) is 12.2 Å². The van der Waals surface area contributed by atoms with Crippen LogP contribution in [0.3, 0.4) is 0 Å². The van der Waals surface area contributed by atoms with E-state index in [4.69, 9.17) is 55.6 Å². The fourth-order valence-corrected chi connectivity index (χ4v) is 14.5. The number of nitrogens with one attached hydrogen (secondary N) is 6. The van der Waals surface area contributed by atoms with Crippen molar-refractivity contribution in [1.29, 1.82) is 0 Å². The molecule has 0 saturated carbocycles. The lowest BCUT2D eigenvalue weighted by Gasteiger charge is -2.36. The molecule has 1 aromatic heterocycles. The molecule has 4 unspecified atom stereocenters. The molecule has 14 N–H and O–H groups in total. The standard InChI is InChI=1S/C24H35N3O2S.C20H27N3.C18H24N4O.C14H15ClN2O.C13H13ClN2.4C4H10O2S/c1-18-14-19(2)17-27(16-18)23-12-10-21(11-13-23)25-15-20-6-8-22(9-7-20)26-30(28,29)24(3,4)5;1-15-11-16(2)14-23(13-15)20-9-7-19(8-10-20)22-12-17-3-5-18(21)6-4-17;1-13-11-22(12-14(2)23-13)18-8-7-17(10-21-18)20-9-15-3-5-16(19)6-4-15;1-18-14-7-6-12(8-13(14)15)17-9-10-2-4-11(16)5-3-10;14-11-2-1-3-13(8-11)16-9-10-4-6-12(15)7-5-10;4*1-4(2,3)7(5)6/h6-13,18-19,25-26H,14-17H2,1-5H3;3-10,15-16,22H,11-14,21H2,1-2H3;3-8,10,13-14,20H,9,11-12,19H2,1-2H3;2-8,17H,9,16H2,1H3;1-8,16H,9,15H2;4*1-3H3,(H,5,6)/p-4/t18-,19-;15-,16+;13-,14+;;;;;;/m1......../s1. The van der Waals surface area contributed by atoms with Crippen molar-refractivity contribution in [2.45, 2.75) is 227 Å². The molecule has 4 heterocycles. The first-order valence-corrected chi connectivity index (χ1v) is 52.7. The normalized spacial score (nSPS) is 17.3. The summed E-state index contributed by atoms with van der Waals surface area (Å²) < 4.78 is 115. The SMILES string of the molecule is CC(C)(C)S(=O)[O-].CC(C)(C)S(=O)[O-].CC(C)(C)S(=O)[O-].CC(C)(C)S(=O)[O-].COc1ccc(NCc2ccc(N)cc2)cc1Cl.C[C@@H]1CN(c2ccc(NCc3ccc(N)cc3)cn2)C[C@H](C)O1.C[C@@H]1C[C@@H](C)CN(c2ccc(NCc3ccc(NS(=O)(=O)C(C)(C)C)cc3)cc2)C1.C[C@@H]1C[C@H](C)CN(c2ccc(NCc3ccc(N)cc3)cc2)C1.Nc1ccc(CNc2cccc(Cl)c2)cc1. The number of morpholine rings is 1. The molecular formula is C105H150Cl2N14O12S5-4. The van der Waals surface area contributed by atoms with E-state index in [1.54, 1.807) is 111 Å². The second-order valence-electron chi connectivity index (χ2n) is 39.8. The molecule has 33 heteroatoms. The van der Waals surface area contributed by atoms with Gasteiger partial charge in [0.2, 0.25) is 10.0 Å². The Bertz CT molecular complexity index is 5200. The van der Waals surface area contributed by atoms with Gasteiger partial charge in [0, 0.05) is 159 Å². The van der Waals surface area contributed by atoms with Gasteiger partial charge in [0.25, 0.3) is 0 Å². The average Bonchev–Trinajstić information content (AvgIpc) is 0.779. The molecule has 0 aliphatic carbocycles. The molecule has 3 aliphatic heterocycles. The van der Waals surface area contributed by atoms with Crippen LogP contribution in [0.2, 0.25) is 10.0 Å². The minimum Gasteiger partial charge on any atom is -0.772 e. The quantitative estimate of drug-likeness (QED) is 0.0236. The summed E-state index contributed by atoms with van der Waals surface area (Å²) in [6.07, 6.45) is 5.02. The Balaban J connectivity index is 0.000000287. The van der Waals surface area contributed by atoms with E-state index in [0.29, 0.717) is 23.0 Å². The zero-order chi connectivity index (χ0) is 103. The van der Waals surface area contributed by atoms with Crippen LogP contribution < -0.4 is 73.7 Å². The van der Waals surface area contributed by atoms with Crippen molar-refractivity contribution in [1.82, 2.24) is 4.98 Å². The van der Waals surface area contributed by atoms with Crippen molar-refractivity contribution < 1.29 is 52.9 Å². The minimum absolute atomic E-state index is 0.240. The summed E-state index contributed by atoms with van der Waals surface area (Å²) in [4.78, 5) is 11.9. The van der Waals surface area contributed by atoms with Gasteiger partial charge < -0.3 is 91.9 Å². The van der Waals surface area contributed by atoms with E-state index in [9.17, 15) is 43.5 Å². The Morgan fingerprint density at radius 1 is 0.384 bits per heavy atom. The highest BCUT2D eigenvalue weighted by Gasteiger charge is 2.30. The Labute approximate surface area is 843 Å². The number of hydrogen-bond acceptors (Lipinski definition) is 25. The molecule has 13 rings (SSSR count). The second kappa shape index (κ2) is 57.2. The van der Waals surface area contributed by atoms with Crippen LogP contribution in [0.4, 0.5) is 74.1 Å². The Morgan fingerprint density at radius 2 is 0.667 bits per heavy atom. The number of aromatic nitrogens is 1. The number of nitrogens with two attached hydrogens (primary N) is 4. The number of hydrogen-bond donors (Lipinski definition) is 10. The Morgan fingerprint density at radius 3 is 0.949 bits per heavy atom. The van der Waals surface area contributed by atoms with E-state index in [1.807, 2.05) is 158 Å². The predicted octanol–water partition coefficient (Wildman–Crippen LogP) is 22.3. The van der Waals surface area contributed by atoms with Crippen LogP contribution in [0.1, 0.15) is 186 Å². The summed E-state index contributed by atoms with van der Waals surface area (Å²) in [5.74, 6) is 4.72. The summed E-state index contributed by atoms with van der Waals surface area (Å²) in [6, 6.07) is 73.9. The number of nitrogen functional groups attached to an aromatic ring is 4. The van der Waals surface area contributed by atoms with Crippen LogP contribution in [0.15, 0.2) is 231 Å². The van der Waals surface area contributed by atoms with Gasteiger partial charge in [0.05, 0.1) is 41.0 Å². The number of benzene rings is 9. The molecule has 3 fully saturated rings. The summed E-state index contributed by atoms with van der Waals surface area (Å²) in [6.45, 7) is 48.5. The lowest BCUT2D eigenvalue weighted by Crippen LogP contribution is -2.45. The van der Waals surface area contributed by atoms with Crippen LogP contribution in [-0.2, 0) is 91.8 Å². The number of piperidine rings is 2.